The van der Waals surface area contributed by atoms with Gasteiger partial charge in [-0.25, -0.2) is 4.68 Å². The van der Waals surface area contributed by atoms with Crippen LogP contribution in [-0.2, 0) is 4.79 Å². The third-order valence-electron chi connectivity index (χ3n) is 6.45. The third kappa shape index (κ3) is 3.41. The van der Waals surface area contributed by atoms with E-state index < -0.39 is 5.97 Å². The van der Waals surface area contributed by atoms with E-state index in [0.29, 0.717) is 18.9 Å². The second-order valence-electron chi connectivity index (χ2n) is 9.00. The van der Waals surface area contributed by atoms with Crippen LogP contribution in [0.25, 0.3) is 16.7 Å². The lowest BCUT2D eigenvalue weighted by Gasteiger charge is -2.51. The van der Waals surface area contributed by atoms with Crippen molar-refractivity contribution in [2.75, 3.05) is 25.1 Å². The van der Waals surface area contributed by atoms with Crippen LogP contribution < -0.4 is 14.4 Å². The number of hydrogen-bond acceptors (Lipinski definition) is 7. The van der Waals surface area contributed by atoms with Crippen LogP contribution in [0, 0.1) is 24.7 Å². The highest BCUT2D eigenvalue weighted by Gasteiger charge is 2.50. The number of methoxy groups -OCH3 is 1. The van der Waals surface area contributed by atoms with Crippen molar-refractivity contribution in [2.24, 2.45) is 17.8 Å². The fraction of sp³-hybridized carbons (Fsp3) is 0.478. The maximum Gasteiger partial charge on any atom is 0.320 e. The molecule has 1 aromatic carbocycles. The van der Waals surface area contributed by atoms with Crippen LogP contribution in [0.3, 0.4) is 0 Å². The second-order valence-corrected chi connectivity index (χ2v) is 9.00. The molecule has 6 rings (SSSR count). The predicted molar refractivity (Wildman–Crippen MR) is 119 cm³/mol. The zero-order chi connectivity index (χ0) is 22.6. The number of carboxylic acids is 1. The van der Waals surface area contributed by atoms with E-state index in [9.17, 15) is 9.90 Å². The predicted octanol–water partition coefficient (Wildman–Crippen LogP) is 3.08. The third-order valence-corrected chi connectivity index (χ3v) is 6.45. The van der Waals surface area contributed by atoms with Crippen molar-refractivity contribution in [2.45, 2.75) is 33.3 Å². The summed E-state index contributed by atoms with van der Waals surface area (Å²) in [5.41, 5.74) is 1.93. The van der Waals surface area contributed by atoms with E-state index >= 15 is 0 Å². The van der Waals surface area contributed by atoms with Gasteiger partial charge in [0, 0.05) is 30.6 Å². The summed E-state index contributed by atoms with van der Waals surface area (Å²) in [7, 11) is 1.54. The van der Waals surface area contributed by atoms with Crippen molar-refractivity contribution >= 4 is 22.7 Å². The molecule has 0 spiro atoms. The molecule has 4 heterocycles. The lowest BCUT2D eigenvalue weighted by molar-refractivity contribution is -0.153. The molecule has 168 valence electrons. The number of aryl methyl sites for hydroxylation is 1. The average Bonchev–Trinajstić information content (AvgIpc) is 3.15. The van der Waals surface area contributed by atoms with Crippen LogP contribution >= 0.6 is 0 Å². The Labute approximate surface area is 186 Å². The van der Waals surface area contributed by atoms with E-state index in [1.807, 2.05) is 39.1 Å². The quantitative estimate of drug-likeness (QED) is 0.628. The van der Waals surface area contributed by atoms with Crippen LogP contribution in [0.1, 0.15) is 25.8 Å². The van der Waals surface area contributed by atoms with E-state index in [0.717, 1.165) is 34.5 Å². The molecule has 3 fully saturated rings. The molecular weight excluding hydrogens is 410 g/mol. The van der Waals surface area contributed by atoms with Crippen molar-refractivity contribution < 1.29 is 19.4 Å². The summed E-state index contributed by atoms with van der Waals surface area (Å²) < 4.78 is 13.1. The smallest absolute Gasteiger partial charge is 0.320 e. The Morgan fingerprint density at radius 1 is 1.16 bits per heavy atom. The number of aromatic nitrogens is 4. The lowest BCUT2D eigenvalue weighted by Crippen LogP contribution is -2.58. The molecular formula is C23H27N5O4. The molecule has 2 aliphatic heterocycles. The summed E-state index contributed by atoms with van der Waals surface area (Å²) in [5.74, 6) is 1.50. The number of piperidine rings is 2. The molecule has 2 atom stereocenters. The standard InChI is InChI=1S/C23H27N5O4/c1-12(2)32-18-7-17-14(5-13(18)3)9-24-28(17)20-8-19(25-23(26-20)31-4)27-10-15-6-16(11-27)21(15)22(29)30/h5,7-9,12,15-16,21H,6,10-11H2,1-4H3,(H,29,30). The molecule has 0 amide bonds. The highest BCUT2D eigenvalue weighted by Crippen LogP contribution is 2.46. The Hall–Kier alpha value is -3.36. The molecule has 2 aromatic heterocycles. The summed E-state index contributed by atoms with van der Waals surface area (Å²) in [6.07, 6.45) is 2.83. The molecule has 3 aromatic rings. The summed E-state index contributed by atoms with van der Waals surface area (Å²) in [5, 5.41) is 15.0. The largest absolute Gasteiger partial charge is 0.491 e. The van der Waals surface area contributed by atoms with Crippen LogP contribution in [0.5, 0.6) is 11.8 Å². The maximum atomic E-state index is 11.5. The lowest BCUT2D eigenvalue weighted by atomic mass is 9.61. The zero-order valence-electron chi connectivity index (χ0n) is 18.6. The second kappa shape index (κ2) is 7.65. The molecule has 0 radical (unpaired) electrons. The fourth-order valence-electron chi connectivity index (χ4n) is 4.97. The Morgan fingerprint density at radius 2 is 1.88 bits per heavy atom. The first-order valence-electron chi connectivity index (χ1n) is 10.9. The Bertz CT molecular complexity index is 1180. The molecule has 32 heavy (non-hydrogen) atoms. The van der Waals surface area contributed by atoms with E-state index in [1.165, 1.54) is 7.11 Å². The highest BCUT2D eigenvalue weighted by atomic mass is 16.5. The normalized spacial score (nSPS) is 22.2. The van der Waals surface area contributed by atoms with Crippen molar-refractivity contribution in [3.8, 4) is 17.6 Å². The number of carbonyl (C=O) groups is 1. The van der Waals surface area contributed by atoms with Crippen molar-refractivity contribution in [3.05, 3.63) is 30.0 Å². The van der Waals surface area contributed by atoms with Gasteiger partial charge < -0.3 is 19.5 Å². The van der Waals surface area contributed by atoms with Gasteiger partial charge in [0.2, 0.25) is 0 Å². The summed E-state index contributed by atoms with van der Waals surface area (Å²) in [4.78, 5) is 22.7. The molecule has 2 saturated heterocycles. The van der Waals surface area contributed by atoms with Crippen molar-refractivity contribution in [1.29, 1.82) is 0 Å². The Kier molecular flexibility index (Phi) is 4.91. The number of fused-ring (bicyclic) bond motifs is 3. The number of benzene rings is 1. The first-order chi connectivity index (χ1) is 15.3. The number of nitrogens with zero attached hydrogens (tertiary/aromatic N) is 5. The maximum absolute atomic E-state index is 11.5. The topological polar surface area (TPSA) is 103 Å². The number of carboxylic acid groups (broad SMARTS) is 1. The van der Waals surface area contributed by atoms with Crippen LogP contribution in [0.15, 0.2) is 24.4 Å². The van der Waals surface area contributed by atoms with E-state index in [-0.39, 0.29) is 29.9 Å². The monoisotopic (exact) mass is 437 g/mol. The summed E-state index contributed by atoms with van der Waals surface area (Å²) in [6.45, 7) is 7.35. The van der Waals surface area contributed by atoms with Crippen molar-refractivity contribution in [1.82, 2.24) is 19.7 Å². The first kappa shape index (κ1) is 20.5. The van der Waals surface area contributed by atoms with Gasteiger partial charge in [0.05, 0.1) is 30.8 Å². The number of rotatable bonds is 6. The SMILES string of the molecule is COc1nc(N2CC3CC(C2)C3C(=O)O)cc(-n2ncc3cc(C)c(OC(C)C)cc32)n1. The fourth-order valence-corrected chi connectivity index (χ4v) is 4.97. The van der Waals surface area contributed by atoms with Gasteiger partial charge in [0.25, 0.3) is 0 Å². The van der Waals surface area contributed by atoms with Crippen LogP contribution in [0.2, 0.25) is 0 Å². The first-order valence-corrected chi connectivity index (χ1v) is 10.9. The van der Waals surface area contributed by atoms with E-state index in [2.05, 4.69) is 26.0 Å². The molecule has 1 N–H and O–H groups in total. The number of hydrogen-bond donors (Lipinski definition) is 1. The molecule has 2 bridgehead atoms. The number of aliphatic carboxylic acids is 1. The van der Waals surface area contributed by atoms with Gasteiger partial charge in [-0.05, 0) is 50.7 Å². The van der Waals surface area contributed by atoms with Gasteiger partial charge in [-0.1, -0.05) is 0 Å². The van der Waals surface area contributed by atoms with Gasteiger partial charge in [-0.2, -0.15) is 15.1 Å². The molecule has 9 nitrogen and oxygen atoms in total. The number of ether oxygens (including phenoxy) is 2. The zero-order valence-corrected chi connectivity index (χ0v) is 18.6. The van der Waals surface area contributed by atoms with Crippen LogP contribution in [0.4, 0.5) is 5.82 Å². The van der Waals surface area contributed by atoms with Gasteiger partial charge in [-0.15, -0.1) is 0 Å². The summed E-state index contributed by atoms with van der Waals surface area (Å²) >= 11 is 0. The van der Waals surface area contributed by atoms with Crippen LogP contribution in [-0.4, -0.2) is 57.1 Å². The van der Waals surface area contributed by atoms with Gasteiger partial charge in [-0.3, -0.25) is 4.79 Å². The minimum Gasteiger partial charge on any atom is -0.491 e. The number of anilines is 1. The Balaban J connectivity index is 1.52. The van der Waals surface area contributed by atoms with Gasteiger partial charge in [0.1, 0.15) is 11.6 Å². The molecule has 1 saturated carbocycles. The van der Waals surface area contributed by atoms with E-state index in [4.69, 9.17) is 9.47 Å². The van der Waals surface area contributed by atoms with Crippen molar-refractivity contribution in [3.63, 3.8) is 0 Å². The molecule has 2 unspecified atom stereocenters. The summed E-state index contributed by atoms with van der Waals surface area (Å²) in [6, 6.07) is 6.18. The average molecular weight is 438 g/mol. The van der Waals surface area contributed by atoms with E-state index in [1.54, 1.807) is 4.68 Å². The molecule has 9 heteroatoms. The highest BCUT2D eigenvalue weighted by molar-refractivity contribution is 5.83. The molecule has 1 aliphatic carbocycles. The van der Waals surface area contributed by atoms with Gasteiger partial charge in [0.15, 0.2) is 5.82 Å². The minimum absolute atomic E-state index is 0.0634. The minimum atomic E-state index is -0.690. The van der Waals surface area contributed by atoms with Gasteiger partial charge >= 0.3 is 12.0 Å². The molecule has 3 aliphatic rings. The Morgan fingerprint density at radius 3 is 2.53 bits per heavy atom.